The Bertz CT molecular complexity index is 282. The van der Waals surface area contributed by atoms with Crippen LogP contribution in [-0.4, -0.2) is 24.2 Å². The van der Waals surface area contributed by atoms with E-state index < -0.39 is 0 Å². The second-order valence-electron chi connectivity index (χ2n) is 3.59. The topological polar surface area (TPSA) is 41.5 Å². The molecule has 0 heterocycles. The molecule has 1 fully saturated rings. The summed E-state index contributed by atoms with van der Waals surface area (Å²) in [5.41, 5.74) is 0.238. The number of halogens is 1. The summed E-state index contributed by atoms with van der Waals surface area (Å²) in [6.45, 7) is 5.58. The molecule has 1 amide bonds. The summed E-state index contributed by atoms with van der Waals surface area (Å²) in [4.78, 5) is 15.2. The van der Waals surface area contributed by atoms with Crippen molar-refractivity contribution in [2.24, 2.45) is 10.9 Å². The summed E-state index contributed by atoms with van der Waals surface area (Å²) in [5, 5.41) is 3.02. The number of hydrogen-bond donors (Lipinski definition) is 1. The van der Waals surface area contributed by atoms with Gasteiger partial charge < -0.3 is 5.32 Å². The van der Waals surface area contributed by atoms with Crippen molar-refractivity contribution in [2.75, 3.05) is 7.05 Å². The van der Waals surface area contributed by atoms with Crippen LogP contribution < -0.4 is 5.32 Å². The third kappa shape index (κ3) is 2.84. The molecule has 14 heavy (non-hydrogen) atoms. The zero-order chi connectivity index (χ0) is 10.7. The van der Waals surface area contributed by atoms with Crippen molar-refractivity contribution >= 4 is 22.7 Å². The Morgan fingerprint density at radius 1 is 1.64 bits per heavy atom. The number of carbonyl (C=O) groups excluding carboxylic acids is 1. The lowest BCUT2D eigenvalue weighted by Crippen LogP contribution is -2.35. The van der Waals surface area contributed by atoms with Gasteiger partial charge in [0.15, 0.2) is 0 Å². The van der Waals surface area contributed by atoms with E-state index in [9.17, 15) is 4.79 Å². The van der Waals surface area contributed by atoms with Gasteiger partial charge in [-0.3, -0.25) is 9.79 Å². The van der Waals surface area contributed by atoms with Crippen LogP contribution in [0.25, 0.3) is 0 Å². The van der Waals surface area contributed by atoms with E-state index in [1.165, 1.54) is 19.9 Å². The average Bonchev–Trinajstić information content (AvgIpc) is 2.98. The normalized spacial score (nSPS) is 18.9. The van der Waals surface area contributed by atoms with Crippen LogP contribution in [0.15, 0.2) is 17.1 Å². The summed E-state index contributed by atoms with van der Waals surface area (Å²) < 4.78 is 0. The minimum atomic E-state index is -0.222. The first kappa shape index (κ1) is 11.2. The molecule has 1 N–H and O–H groups in total. The summed E-state index contributed by atoms with van der Waals surface area (Å²) >= 11 is 5.68. The fraction of sp³-hybridized carbons (Fsp3) is 0.600. The highest BCUT2D eigenvalue weighted by molar-refractivity contribution is 6.72. The van der Waals surface area contributed by atoms with Gasteiger partial charge in [0.2, 0.25) is 0 Å². The summed E-state index contributed by atoms with van der Waals surface area (Å²) in [6, 6.07) is 0.209. The molecule has 0 aliphatic heterocycles. The fourth-order valence-corrected chi connectivity index (χ4v) is 1.32. The molecule has 0 unspecified atom stereocenters. The Morgan fingerprint density at radius 2 is 2.21 bits per heavy atom. The van der Waals surface area contributed by atoms with Crippen LogP contribution in [0, 0.1) is 5.92 Å². The van der Waals surface area contributed by atoms with Gasteiger partial charge >= 0.3 is 0 Å². The van der Waals surface area contributed by atoms with Crippen LogP contribution in [0.4, 0.5) is 0 Å². The predicted molar refractivity (Wildman–Crippen MR) is 58.7 cm³/mol. The van der Waals surface area contributed by atoms with E-state index in [0.29, 0.717) is 5.92 Å². The number of nitrogens with one attached hydrogen (secondary N) is 1. The van der Waals surface area contributed by atoms with Gasteiger partial charge in [-0.25, -0.2) is 0 Å². The lowest BCUT2D eigenvalue weighted by atomic mass is 10.2. The lowest BCUT2D eigenvalue weighted by Gasteiger charge is -2.13. The SMILES string of the molecule is C=C(C(=O)N[C@@H](C)C1CC1)/C(Cl)=N\C. The van der Waals surface area contributed by atoms with Gasteiger partial charge in [-0.2, -0.15) is 0 Å². The van der Waals surface area contributed by atoms with Gasteiger partial charge in [0, 0.05) is 13.1 Å². The molecule has 1 rings (SSSR count). The number of aliphatic imine (C=N–C) groups is 1. The molecule has 0 spiro atoms. The molecule has 0 saturated heterocycles. The highest BCUT2D eigenvalue weighted by Gasteiger charge is 2.29. The lowest BCUT2D eigenvalue weighted by molar-refractivity contribution is -0.117. The van der Waals surface area contributed by atoms with Crippen LogP contribution in [-0.2, 0) is 4.79 Å². The van der Waals surface area contributed by atoms with Gasteiger partial charge in [0.05, 0.1) is 5.57 Å². The Labute approximate surface area is 89.2 Å². The molecule has 0 bridgehead atoms. The molecular formula is C10H15ClN2O. The van der Waals surface area contributed by atoms with Crippen molar-refractivity contribution in [1.29, 1.82) is 0 Å². The largest absolute Gasteiger partial charge is 0.349 e. The zero-order valence-corrected chi connectivity index (χ0v) is 9.27. The summed E-state index contributed by atoms with van der Waals surface area (Å²) in [5.74, 6) is 0.407. The Balaban J connectivity index is 2.44. The van der Waals surface area contributed by atoms with Crippen LogP contribution in [0.5, 0.6) is 0 Å². The molecule has 1 atom stereocenters. The molecule has 0 radical (unpaired) electrons. The zero-order valence-electron chi connectivity index (χ0n) is 8.51. The molecule has 0 aromatic rings. The Morgan fingerprint density at radius 3 is 2.64 bits per heavy atom. The standard InChI is InChI=1S/C10H15ClN2O/c1-6(9(11)12-3)10(14)13-7(2)8-4-5-8/h7-8H,1,4-5H2,2-3H3,(H,13,14)/b12-9+/t7-/m0/s1. The van der Waals surface area contributed by atoms with Crippen molar-refractivity contribution in [3.05, 3.63) is 12.2 Å². The Hall–Kier alpha value is -0.830. The number of amides is 1. The van der Waals surface area contributed by atoms with Crippen LogP contribution >= 0.6 is 11.6 Å². The summed E-state index contributed by atoms with van der Waals surface area (Å²) in [7, 11) is 1.53. The third-order valence-electron chi connectivity index (χ3n) is 2.41. The first-order chi connectivity index (χ1) is 6.56. The van der Waals surface area contributed by atoms with E-state index in [1.54, 1.807) is 0 Å². The quantitative estimate of drug-likeness (QED) is 0.562. The smallest absolute Gasteiger partial charge is 0.253 e. The molecular weight excluding hydrogens is 200 g/mol. The maximum absolute atomic E-state index is 11.5. The molecule has 0 aromatic heterocycles. The van der Waals surface area contributed by atoms with Crippen molar-refractivity contribution in [1.82, 2.24) is 5.32 Å². The molecule has 78 valence electrons. The maximum Gasteiger partial charge on any atom is 0.253 e. The first-order valence-electron chi connectivity index (χ1n) is 4.68. The monoisotopic (exact) mass is 214 g/mol. The molecule has 3 nitrogen and oxygen atoms in total. The molecule has 1 aliphatic carbocycles. The van der Waals surface area contributed by atoms with Crippen LogP contribution in [0.2, 0.25) is 0 Å². The molecule has 1 saturated carbocycles. The number of hydrogen-bond acceptors (Lipinski definition) is 2. The van der Waals surface area contributed by atoms with Gasteiger partial charge in [-0.15, -0.1) is 0 Å². The van der Waals surface area contributed by atoms with Crippen molar-refractivity contribution < 1.29 is 4.79 Å². The van der Waals surface area contributed by atoms with Crippen LogP contribution in [0.1, 0.15) is 19.8 Å². The number of nitrogens with zero attached hydrogens (tertiary/aromatic N) is 1. The van der Waals surface area contributed by atoms with E-state index in [2.05, 4.69) is 16.9 Å². The highest BCUT2D eigenvalue weighted by Crippen LogP contribution is 2.32. The van der Waals surface area contributed by atoms with E-state index in [0.717, 1.165) is 0 Å². The first-order valence-corrected chi connectivity index (χ1v) is 5.06. The van der Waals surface area contributed by atoms with E-state index in [4.69, 9.17) is 11.6 Å². The molecule has 0 aromatic carbocycles. The summed E-state index contributed by atoms with van der Waals surface area (Å²) in [6.07, 6.45) is 2.40. The van der Waals surface area contributed by atoms with Gasteiger partial charge in [-0.1, -0.05) is 18.2 Å². The molecule has 1 aliphatic rings. The Kier molecular flexibility index (Phi) is 3.69. The number of carbonyl (C=O) groups is 1. The third-order valence-corrected chi connectivity index (χ3v) is 2.80. The second-order valence-corrected chi connectivity index (χ2v) is 3.95. The minimum Gasteiger partial charge on any atom is -0.349 e. The highest BCUT2D eigenvalue weighted by atomic mass is 35.5. The maximum atomic E-state index is 11.5. The van der Waals surface area contributed by atoms with Gasteiger partial charge in [0.25, 0.3) is 5.91 Å². The van der Waals surface area contributed by atoms with E-state index in [-0.39, 0.29) is 22.7 Å². The molecule has 4 heteroatoms. The van der Waals surface area contributed by atoms with Crippen molar-refractivity contribution in [3.8, 4) is 0 Å². The van der Waals surface area contributed by atoms with Crippen molar-refractivity contribution in [3.63, 3.8) is 0 Å². The fourth-order valence-electron chi connectivity index (χ4n) is 1.24. The number of rotatable bonds is 4. The average molecular weight is 215 g/mol. The van der Waals surface area contributed by atoms with E-state index >= 15 is 0 Å². The predicted octanol–water partition coefficient (Wildman–Crippen LogP) is 1.72. The van der Waals surface area contributed by atoms with Crippen LogP contribution in [0.3, 0.4) is 0 Å². The van der Waals surface area contributed by atoms with Crippen molar-refractivity contribution in [2.45, 2.75) is 25.8 Å². The second kappa shape index (κ2) is 4.60. The van der Waals surface area contributed by atoms with Gasteiger partial charge in [0.1, 0.15) is 5.17 Å². The van der Waals surface area contributed by atoms with Gasteiger partial charge in [-0.05, 0) is 25.7 Å². The van der Waals surface area contributed by atoms with E-state index in [1.807, 2.05) is 6.92 Å². The minimum absolute atomic E-state index is 0.172.